The van der Waals surface area contributed by atoms with Crippen molar-refractivity contribution in [3.8, 4) is 5.75 Å². The summed E-state index contributed by atoms with van der Waals surface area (Å²) in [6, 6.07) is 7.20. The molecule has 0 radical (unpaired) electrons. The van der Waals surface area contributed by atoms with Crippen molar-refractivity contribution in [2.75, 3.05) is 32.7 Å². The Balaban J connectivity index is 1.46. The first-order valence-electron chi connectivity index (χ1n) is 12.0. The van der Waals surface area contributed by atoms with Gasteiger partial charge in [0.2, 0.25) is 0 Å². The fourth-order valence-corrected chi connectivity index (χ4v) is 4.96. The van der Waals surface area contributed by atoms with E-state index in [1.54, 1.807) is 11.0 Å². The lowest BCUT2D eigenvalue weighted by molar-refractivity contribution is -0.206. The van der Waals surface area contributed by atoms with E-state index in [2.05, 4.69) is 10.2 Å². The number of carbonyl (C=O) groups is 1. The molecule has 1 aromatic heterocycles. The lowest BCUT2D eigenvalue weighted by Crippen LogP contribution is -2.59. The second-order valence-corrected chi connectivity index (χ2v) is 9.99. The van der Waals surface area contributed by atoms with Crippen LogP contribution in [0.15, 0.2) is 24.3 Å². The maximum absolute atomic E-state index is 13.2. The average molecular weight is 495 g/mol. The summed E-state index contributed by atoms with van der Waals surface area (Å²) in [5.74, 6) is 0.649. The van der Waals surface area contributed by atoms with Gasteiger partial charge < -0.3 is 14.4 Å². The Kier molecular flexibility index (Phi) is 7.15. The number of alkyl halides is 3. The van der Waals surface area contributed by atoms with Crippen molar-refractivity contribution in [1.82, 2.24) is 20.0 Å². The topological polar surface area (TPSA) is 70.7 Å². The average Bonchev–Trinajstić information content (AvgIpc) is 3.20. The van der Waals surface area contributed by atoms with E-state index in [0.29, 0.717) is 37.2 Å². The fraction of sp³-hybridized carbons (Fsp3) is 0.600. The van der Waals surface area contributed by atoms with Crippen LogP contribution in [0.4, 0.5) is 13.2 Å². The lowest BCUT2D eigenvalue weighted by Gasteiger charge is -2.49. The van der Waals surface area contributed by atoms with Gasteiger partial charge in [0.05, 0.1) is 23.9 Å². The third kappa shape index (κ3) is 6.16. The van der Waals surface area contributed by atoms with Gasteiger partial charge in [-0.25, -0.2) is 0 Å². The van der Waals surface area contributed by atoms with Gasteiger partial charge in [0.15, 0.2) is 0 Å². The highest BCUT2D eigenvalue weighted by Gasteiger charge is 2.46. The second-order valence-electron chi connectivity index (χ2n) is 9.99. The van der Waals surface area contributed by atoms with Crippen LogP contribution in [-0.2, 0) is 4.74 Å². The van der Waals surface area contributed by atoms with Crippen molar-refractivity contribution < 1.29 is 27.4 Å². The van der Waals surface area contributed by atoms with E-state index >= 15 is 0 Å². The largest absolute Gasteiger partial charge is 0.491 e. The van der Waals surface area contributed by atoms with Gasteiger partial charge in [-0.2, -0.15) is 18.3 Å². The number of nitrogens with one attached hydrogen (secondary N) is 1. The van der Waals surface area contributed by atoms with Crippen molar-refractivity contribution in [3.05, 3.63) is 46.8 Å². The summed E-state index contributed by atoms with van der Waals surface area (Å²) in [5.41, 5.74) is 2.12. The highest BCUT2D eigenvalue weighted by Crippen LogP contribution is 2.38. The number of hydrogen-bond donors (Lipinski definition) is 1. The molecule has 3 heterocycles. The number of halogens is 3. The third-order valence-corrected chi connectivity index (χ3v) is 6.53. The molecule has 2 aliphatic rings. The number of H-pyrrole nitrogens is 1. The van der Waals surface area contributed by atoms with Crippen molar-refractivity contribution in [2.45, 2.75) is 64.5 Å². The third-order valence-electron chi connectivity index (χ3n) is 6.53. The molecule has 7 nitrogen and oxygen atoms in total. The van der Waals surface area contributed by atoms with Gasteiger partial charge in [-0.05, 0) is 70.4 Å². The molecule has 2 fully saturated rings. The predicted molar refractivity (Wildman–Crippen MR) is 124 cm³/mol. The van der Waals surface area contributed by atoms with Crippen molar-refractivity contribution >= 4 is 5.91 Å². The minimum Gasteiger partial charge on any atom is -0.491 e. The molecule has 1 unspecified atom stereocenters. The zero-order valence-corrected chi connectivity index (χ0v) is 20.6. The van der Waals surface area contributed by atoms with Crippen LogP contribution in [-0.4, -0.2) is 76.5 Å². The van der Waals surface area contributed by atoms with Gasteiger partial charge in [0, 0.05) is 37.4 Å². The van der Waals surface area contributed by atoms with Crippen LogP contribution in [0, 0.1) is 13.8 Å². The Bertz CT molecular complexity index is 1040. The molecule has 10 heteroatoms. The van der Waals surface area contributed by atoms with E-state index in [1.165, 1.54) is 4.90 Å². The Hall–Kier alpha value is -2.59. The summed E-state index contributed by atoms with van der Waals surface area (Å²) in [5, 5.41) is 7.08. The van der Waals surface area contributed by atoms with E-state index in [-0.39, 0.29) is 25.1 Å². The van der Waals surface area contributed by atoms with Gasteiger partial charge in [-0.1, -0.05) is 0 Å². The first-order chi connectivity index (χ1) is 16.4. The quantitative estimate of drug-likeness (QED) is 0.666. The normalized spacial score (nSPS) is 21.0. The summed E-state index contributed by atoms with van der Waals surface area (Å²) in [6.45, 7) is 7.77. The molecule has 0 saturated carbocycles. The molecule has 1 spiro atoms. The molecule has 0 aliphatic carbocycles. The van der Waals surface area contributed by atoms with Gasteiger partial charge in [-0.15, -0.1) is 0 Å². The number of hydrogen-bond acceptors (Lipinski definition) is 5. The molecular formula is C25H33F3N4O3. The Labute approximate surface area is 203 Å². The second kappa shape index (κ2) is 9.81. The molecule has 0 bridgehead atoms. The van der Waals surface area contributed by atoms with E-state index < -0.39 is 24.4 Å². The molecule has 2 aromatic rings. The molecule has 1 N–H and O–H groups in total. The van der Waals surface area contributed by atoms with Crippen LogP contribution in [0.5, 0.6) is 5.75 Å². The van der Waals surface area contributed by atoms with E-state index in [1.807, 2.05) is 45.9 Å². The zero-order chi connectivity index (χ0) is 25.4. The summed E-state index contributed by atoms with van der Waals surface area (Å²) in [4.78, 5) is 16.3. The molecule has 1 aromatic carbocycles. The van der Waals surface area contributed by atoms with Gasteiger partial charge >= 0.3 is 6.18 Å². The number of benzene rings is 1. The van der Waals surface area contributed by atoms with Gasteiger partial charge in [0.25, 0.3) is 5.91 Å². The molecule has 1 amide bonds. The monoisotopic (exact) mass is 494 g/mol. The van der Waals surface area contributed by atoms with Crippen molar-refractivity contribution in [3.63, 3.8) is 0 Å². The SMILES string of the molecule is Cc1cc(C2CN(CC(F)(F)F)CC3(CCN(C(=O)c4ccc(OC(C)C)c(C)c4)CC3)O2)n[nH]1. The highest BCUT2D eigenvalue weighted by molar-refractivity contribution is 5.94. The maximum atomic E-state index is 13.2. The van der Waals surface area contributed by atoms with Gasteiger partial charge in [-0.3, -0.25) is 14.8 Å². The number of carbonyl (C=O) groups excluding carboxylic acids is 1. The molecule has 2 saturated heterocycles. The Morgan fingerprint density at radius 1 is 1.26 bits per heavy atom. The zero-order valence-electron chi connectivity index (χ0n) is 20.6. The van der Waals surface area contributed by atoms with Crippen LogP contribution in [0.3, 0.4) is 0 Å². The predicted octanol–water partition coefficient (Wildman–Crippen LogP) is 4.42. The molecule has 1 atom stereocenters. The number of ether oxygens (including phenoxy) is 2. The molecule has 2 aliphatic heterocycles. The van der Waals surface area contributed by atoms with E-state index in [0.717, 1.165) is 17.0 Å². The number of nitrogens with zero attached hydrogens (tertiary/aromatic N) is 3. The number of likely N-dealkylation sites (tertiary alicyclic amines) is 1. The minimum atomic E-state index is -4.30. The number of rotatable bonds is 5. The summed E-state index contributed by atoms with van der Waals surface area (Å²) in [6.07, 6.45) is -3.91. The maximum Gasteiger partial charge on any atom is 0.401 e. The van der Waals surface area contributed by atoms with Crippen LogP contribution < -0.4 is 4.74 Å². The van der Waals surface area contributed by atoms with Crippen LogP contribution in [0.25, 0.3) is 0 Å². The number of aromatic nitrogens is 2. The summed E-state index contributed by atoms with van der Waals surface area (Å²) in [7, 11) is 0. The highest BCUT2D eigenvalue weighted by atomic mass is 19.4. The van der Waals surface area contributed by atoms with Crippen LogP contribution >= 0.6 is 0 Å². The molecular weight excluding hydrogens is 461 g/mol. The van der Waals surface area contributed by atoms with E-state index in [4.69, 9.17) is 9.47 Å². The van der Waals surface area contributed by atoms with Crippen LogP contribution in [0.2, 0.25) is 0 Å². The van der Waals surface area contributed by atoms with E-state index in [9.17, 15) is 18.0 Å². The standard InChI is InChI=1S/C25H33F3N4O3/c1-16(2)34-21-6-5-19(11-17(21)3)23(33)32-9-7-24(8-10-32)14-31(15-25(26,27)28)13-22(35-24)20-12-18(4)29-30-20/h5-6,11-12,16,22H,7-10,13-15H2,1-4H3,(H,29,30). The van der Waals surface area contributed by atoms with Gasteiger partial charge in [0.1, 0.15) is 11.9 Å². The number of amides is 1. The molecule has 35 heavy (non-hydrogen) atoms. The lowest BCUT2D eigenvalue weighted by atomic mass is 9.87. The van der Waals surface area contributed by atoms with Crippen molar-refractivity contribution in [1.29, 1.82) is 0 Å². The summed E-state index contributed by atoms with van der Waals surface area (Å²) >= 11 is 0. The number of piperidine rings is 1. The van der Waals surface area contributed by atoms with Crippen molar-refractivity contribution in [2.24, 2.45) is 0 Å². The smallest absolute Gasteiger partial charge is 0.401 e. The number of aryl methyl sites for hydroxylation is 2. The molecule has 4 rings (SSSR count). The first-order valence-corrected chi connectivity index (χ1v) is 12.0. The first kappa shape index (κ1) is 25.5. The Morgan fingerprint density at radius 2 is 1.97 bits per heavy atom. The number of aromatic amines is 1. The van der Waals surface area contributed by atoms with Crippen LogP contribution in [0.1, 0.15) is 60.1 Å². The summed E-state index contributed by atoms with van der Waals surface area (Å²) < 4.78 is 51.9. The number of morpholine rings is 1. The molecule has 192 valence electrons. The fourth-order valence-electron chi connectivity index (χ4n) is 4.96. The minimum absolute atomic E-state index is 0.0372. The Morgan fingerprint density at radius 3 is 2.54 bits per heavy atom.